The molecule has 0 aliphatic heterocycles. The Kier molecular flexibility index (Phi) is 7.91. The highest BCUT2D eigenvalue weighted by Gasteiger charge is 2.22. The first kappa shape index (κ1) is 22.3. The highest BCUT2D eigenvalue weighted by molar-refractivity contribution is 8.00. The minimum absolute atomic E-state index is 0.135. The van der Waals surface area contributed by atoms with Crippen LogP contribution in [0, 0.1) is 0 Å². The van der Waals surface area contributed by atoms with E-state index in [4.69, 9.17) is 4.74 Å². The van der Waals surface area contributed by atoms with Gasteiger partial charge in [-0.1, -0.05) is 0 Å². The molecule has 0 unspecified atom stereocenters. The zero-order valence-electron chi connectivity index (χ0n) is 16.5. The summed E-state index contributed by atoms with van der Waals surface area (Å²) in [4.78, 5) is 13.3. The second-order valence-corrected chi connectivity index (χ2v) is 9.43. The number of thioether (sulfide) groups is 1. The fourth-order valence-electron chi connectivity index (χ4n) is 2.30. The van der Waals surface area contributed by atoms with Crippen molar-refractivity contribution in [1.29, 1.82) is 0 Å². The second-order valence-electron chi connectivity index (χ2n) is 6.38. The van der Waals surface area contributed by atoms with Crippen LogP contribution in [0.5, 0.6) is 5.75 Å². The molecule has 8 heteroatoms. The van der Waals surface area contributed by atoms with E-state index in [0.29, 0.717) is 12.3 Å². The summed E-state index contributed by atoms with van der Waals surface area (Å²) in [6.45, 7) is 6.17. The van der Waals surface area contributed by atoms with Crippen LogP contribution in [-0.4, -0.2) is 44.1 Å². The predicted octanol–water partition coefficient (Wildman–Crippen LogP) is 3.85. The van der Waals surface area contributed by atoms with Crippen molar-refractivity contribution in [3.63, 3.8) is 0 Å². The van der Waals surface area contributed by atoms with Gasteiger partial charge in [-0.25, -0.2) is 8.42 Å². The van der Waals surface area contributed by atoms with Crippen LogP contribution in [0.3, 0.4) is 0 Å². The van der Waals surface area contributed by atoms with Gasteiger partial charge in [0.25, 0.3) is 0 Å². The number of nitrogens with one attached hydrogen (secondary N) is 1. The van der Waals surface area contributed by atoms with Gasteiger partial charge in [-0.3, -0.25) is 4.79 Å². The molecule has 0 saturated heterocycles. The fourth-order valence-corrected chi connectivity index (χ4v) is 4.36. The first-order valence-corrected chi connectivity index (χ1v) is 11.4. The summed E-state index contributed by atoms with van der Waals surface area (Å²) in [6, 6.07) is 13.6. The molecule has 152 valence electrons. The van der Waals surface area contributed by atoms with E-state index in [1.165, 1.54) is 28.2 Å². The summed E-state index contributed by atoms with van der Waals surface area (Å²) in [5.41, 5.74) is 0.559. The minimum Gasteiger partial charge on any atom is -0.494 e. The summed E-state index contributed by atoms with van der Waals surface area (Å²) >= 11 is 1.42. The molecule has 0 saturated carbocycles. The lowest BCUT2D eigenvalue weighted by atomic mass is 10.3. The van der Waals surface area contributed by atoms with Gasteiger partial charge in [-0.15, -0.1) is 11.8 Å². The number of anilines is 1. The van der Waals surface area contributed by atoms with E-state index >= 15 is 0 Å². The normalized spacial score (nSPS) is 11.6. The summed E-state index contributed by atoms with van der Waals surface area (Å²) in [5.74, 6) is 0.896. The lowest BCUT2D eigenvalue weighted by molar-refractivity contribution is -0.113. The molecule has 28 heavy (non-hydrogen) atoms. The number of rotatable bonds is 9. The van der Waals surface area contributed by atoms with Crippen molar-refractivity contribution in [1.82, 2.24) is 4.31 Å². The number of carbonyl (C=O) groups excluding carboxylic acids is 1. The van der Waals surface area contributed by atoms with Gasteiger partial charge >= 0.3 is 0 Å². The van der Waals surface area contributed by atoms with Gasteiger partial charge < -0.3 is 10.1 Å². The predicted molar refractivity (Wildman–Crippen MR) is 113 cm³/mol. The lowest BCUT2D eigenvalue weighted by Crippen LogP contribution is -2.33. The Labute approximate surface area is 171 Å². The molecule has 0 radical (unpaired) electrons. The first-order valence-electron chi connectivity index (χ1n) is 8.97. The third-order valence-electron chi connectivity index (χ3n) is 4.05. The number of hydrogen-bond acceptors (Lipinski definition) is 5. The average Bonchev–Trinajstić information content (AvgIpc) is 2.67. The molecule has 0 bridgehead atoms. The van der Waals surface area contributed by atoms with Gasteiger partial charge in [0.05, 0.1) is 17.3 Å². The summed E-state index contributed by atoms with van der Waals surface area (Å²) in [7, 11) is -1.98. The standard InChI is InChI=1S/C20H26N2O4S2/c1-5-26-17-8-10-18(11-9-17)27-14-20(23)21-16-6-12-19(13-7-16)28(24,25)22(4)15(2)3/h6-13,15H,5,14H2,1-4H3,(H,21,23). The van der Waals surface area contributed by atoms with Crippen LogP contribution in [0.15, 0.2) is 58.3 Å². The minimum atomic E-state index is -3.53. The van der Waals surface area contributed by atoms with Gasteiger partial charge in [0.1, 0.15) is 5.75 Å². The molecule has 1 N–H and O–H groups in total. The number of hydrogen-bond donors (Lipinski definition) is 1. The number of sulfonamides is 1. The van der Waals surface area contributed by atoms with E-state index in [9.17, 15) is 13.2 Å². The largest absolute Gasteiger partial charge is 0.494 e. The van der Waals surface area contributed by atoms with Crippen molar-refractivity contribution in [3.05, 3.63) is 48.5 Å². The Balaban J connectivity index is 1.92. The van der Waals surface area contributed by atoms with Crippen molar-refractivity contribution in [3.8, 4) is 5.75 Å². The summed E-state index contributed by atoms with van der Waals surface area (Å²) in [6.07, 6.45) is 0. The molecular formula is C20H26N2O4S2. The Morgan fingerprint density at radius 2 is 1.71 bits per heavy atom. The van der Waals surface area contributed by atoms with E-state index in [0.717, 1.165) is 10.6 Å². The van der Waals surface area contributed by atoms with Gasteiger partial charge in [-0.2, -0.15) is 4.31 Å². The van der Waals surface area contributed by atoms with Crippen molar-refractivity contribution >= 4 is 33.4 Å². The Hall–Kier alpha value is -2.03. The smallest absolute Gasteiger partial charge is 0.243 e. The van der Waals surface area contributed by atoms with Crippen LogP contribution in [0.2, 0.25) is 0 Å². The molecule has 0 atom stereocenters. The van der Waals surface area contributed by atoms with E-state index in [1.807, 2.05) is 45.0 Å². The topological polar surface area (TPSA) is 75.7 Å². The maximum absolute atomic E-state index is 12.5. The number of amides is 1. The van der Waals surface area contributed by atoms with E-state index in [-0.39, 0.29) is 22.6 Å². The van der Waals surface area contributed by atoms with Gasteiger partial charge in [-0.05, 0) is 69.3 Å². The molecule has 0 aromatic heterocycles. The van der Waals surface area contributed by atoms with Crippen LogP contribution in [-0.2, 0) is 14.8 Å². The van der Waals surface area contributed by atoms with Crippen molar-refractivity contribution in [2.45, 2.75) is 36.6 Å². The molecule has 2 rings (SSSR count). The molecule has 6 nitrogen and oxygen atoms in total. The lowest BCUT2D eigenvalue weighted by Gasteiger charge is -2.21. The van der Waals surface area contributed by atoms with E-state index < -0.39 is 10.0 Å². The molecular weight excluding hydrogens is 396 g/mol. The monoisotopic (exact) mass is 422 g/mol. The molecule has 2 aromatic carbocycles. The quantitative estimate of drug-likeness (QED) is 0.621. The number of benzene rings is 2. The Morgan fingerprint density at radius 1 is 1.11 bits per heavy atom. The number of ether oxygens (including phenoxy) is 1. The molecule has 0 spiro atoms. The van der Waals surface area contributed by atoms with Gasteiger partial charge in [0, 0.05) is 23.7 Å². The fraction of sp³-hybridized carbons (Fsp3) is 0.350. The average molecular weight is 423 g/mol. The second kappa shape index (κ2) is 9.95. The maximum Gasteiger partial charge on any atom is 0.243 e. The van der Waals surface area contributed by atoms with Crippen LogP contribution < -0.4 is 10.1 Å². The van der Waals surface area contributed by atoms with Crippen molar-refractivity contribution < 1.29 is 17.9 Å². The highest BCUT2D eigenvalue weighted by Crippen LogP contribution is 2.22. The maximum atomic E-state index is 12.5. The number of carbonyl (C=O) groups is 1. The molecule has 0 heterocycles. The Bertz CT molecular complexity index is 879. The zero-order chi connectivity index (χ0) is 20.7. The molecule has 0 aliphatic carbocycles. The third-order valence-corrected chi connectivity index (χ3v) is 7.11. The first-order chi connectivity index (χ1) is 13.2. The van der Waals surface area contributed by atoms with E-state index in [1.54, 1.807) is 19.2 Å². The van der Waals surface area contributed by atoms with Crippen molar-refractivity contribution in [2.75, 3.05) is 24.7 Å². The van der Waals surface area contributed by atoms with Crippen LogP contribution >= 0.6 is 11.8 Å². The summed E-state index contributed by atoms with van der Waals surface area (Å²) < 4.78 is 31.6. The zero-order valence-corrected chi connectivity index (χ0v) is 18.1. The summed E-state index contributed by atoms with van der Waals surface area (Å²) in [5, 5.41) is 2.78. The molecule has 0 aliphatic rings. The number of nitrogens with zero attached hydrogens (tertiary/aromatic N) is 1. The molecule has 2 aromatic rings. The van der Waals surface area contributed by atoms with Crippen LogP contribution in [0.25, 0.3) is 0 Å². The van der Waals surface area contributed by atoms with Crippen molar-refractivity contribution in [2.24, 2.45) is 0 Å². The Morgan fingerprint density at radius 3 is 2.25 bits per heavy atom. The van der Waals surface area contributed by atoms with E-state index in [2.05, 4.69) is 5.32 Å². The molecule has 0 fully saturated rings. The third kappa shape index (κ3) is 5.98. The van der Waals surface area contributed by atoms with Crippen LogP contribution in [0.1, 0.15) is 20.8 Å². The van der Waals surface area contributed by atoms with Crippen LogP contribution in [0.4, 0.5) is 5.69 Å². The van der Waals surface area contributed by atoms with Gasteiger partial charge in [0.2, 0.25) is 15.9 Å². The highest BCUT2D eigenvalue weighted by atomic mass is 32.2. The molecule has 1 amide bonds. The SMILES string of the molecule is CCOc1ccc(SCC(=O)Nc2ccc(S(=O)(=O)N(C)C(C)C)cc2)cc1. The van der Waals surface area contributed by atoms with Gasteiger partial charge in [0.15, 0.2) is 0 Å².